The van der Waals surface area contributed by atoms with Gasteiger partial charge in [0.15, 0.2) is 5.96 Å². The predicted octanol–water partition coefficient (Wildman–Crippen LogP) is 1.43. The topological polar surface area (TPSA) is 54.7 Å². The second kappa shape index (κ2) is 9.99. The van der Waals surface area contributed by atoms with Crippen LogP contribution < -0.4 is 5.32 Å². The molecule has 1 aliphatic rings. The van der Waals surface area contributed by atoms with Crippen molar-refractivity contribution in [2.75, 3.05) is 40.4 Å². The molecule has 0 unspecified atom stereocenters. The van der Waals surface area contributed by atoms with Gasteiger partial charge >= 0.3 is 0 Å². The van der Waals surface area contributed by atoms with E-state index in [9.17, 15) is 0 Å². The van der Waals surface area contributed by atoms with Crippen LogP contribution in [0.3, 0.4) is 0 Å². The van der Waals surface area contributed by atoms with Gasteiger partial charge in [-0.3, -0.25) is 9.67 Å². The quantitative estimate of drug-likeness (QED) is 0.307. The highest BCUT2D eigenvalue weighted by Crippen LogP contribution is 2.28. The number of aromatic nitrogens is 2. The van der Waals surface area contributed by atoms with Crippen LogP contribution in [0.4, 0.5) is 0 Å². The van der Waals surface area contributed by atoms with E-state index >= 15 is 0 Å². The van der Waals surface area contributed by atoms with Crippen LogP contribution in [0, 0.1) is 5.92 Å². The number of hydrogen-bond acceptors (Lipinski definition) is 3. The Labute approximate surface area is 144 Å². The Hall–Kier alpha value is -0.830. The third-order valence-electron chi connectivity index (χ3n) is 3.38. The van der Waals surface area contributed by atoms with Gasteiger partial charge in [-0.25, -0.2) is 0 Å². The number of ether oxygens (including phenoxy) is 1. The maximum Gasteiger partial charge on any atom is 0.193 e. The summed E-state index contributed by atoms with van der Waals surface area (Å²) in [6.07, 6.45) is 6.43. The average molecular weight is 407 g/mol. The maximum atomic E-state index is 5.65. The molecule has 0 saturated heterocycles. The number of halogens is 1. The van der Waals surface area contributed by atoms with Gasteiger partial charge in [0.2, 0.25) is 0 Å². The Kier molecular flexibility index (Phi) is 8.67. The Morgan fingerprint density at radius 3 is 2.95 bits per heavy atom. The van der Waals surface area contributed by atoms with Crippen molar-refractivity contribution in [2.45, 2.75) is 19.4 Å². The van der Waals surface area contributed by atoms with Crippen molar-refractivity contribution >= 4 is 29.9 Å². The highest BCUT2D eigenvalue weighted by atomic mass is 127. The summed E-state index contributed by atoms with van der Waals surface area (Å²) in [5.74, 6) is 1.72. The molecule has 7 heteroatoms. The average Bonchev–Trinajstić information content (AvgIpc) is 3.14. The number of hydrogen-bond donors (Lipinski definition) is 1. The van der Waals surface area contributed by atoms with Crippen LogP contribution in [-0.4, -0.2) is 61.0 Å². The summed E-state index contributed by atoms with van der Waals surface area (Å²) in [7, 11) is 3.83. The van der Waals surface area contributed by atoms with Gasteiger partial charge in [-0.1, -0.05) is 0 Å². The molecule has 0 bridgehead atoms. The molecule has 1 aliphatic carbocycles. The van der Waals surface area contributed by atoms with Crippen molar-refractivity contribution in [1.29, 1.82) is 0 Å². The van der Waals surface area contributed by atoms with Gasteiger partial charge in [0.05, 0.1) is 13.2 Å². The highest BCUT2D eigenvalue weighted by molar-refractivity contribution is 14.0. The Bertz CT molecular complexity index is 406. The maximum absolute atomic E-state index is 5.65. The summed E-state index contributed by atoms with van der Waals surface area (Å²) in [6.45, 7) is 4.17. The van der Waals surface area contributed by atoms with Crippen LogP contribution in [0.2, 0.25) is 0 Å². The lowest BCUT2D eigenvalue weighted by atomic mass is 10.5. The molecule has 120 valence electrons. The predicted molar refractivity (Wildman–Crippen MR) is 95.2 cm³/mol. The van der Waals surface area contributed by atoms with Crippen molar-refractivity contribution in [3.63, 3.8) is 0 Å². The van der Waals surface area contributed by atoms with E-state index in [-0.39, 0.29) is 24.0 Å². The van der Waals surface area contributed by atoms with E-state index in [1.807, 2.05) is 24.0 Å². The van der Waals surface area contributed by atoms with Gasteiger partial charge in [-0.05, 0) is 24.8 Å². The van der Waals surface area contributed by atoms with Crippen LogP contribution in [0.1, 0.15) is 12.8 Å². The zero-order valence-corrected chi connectivity index (χ0v) is 15.2. The minimum absolute atomic E-state index is 0. The monoisotopic (exact) mass is 407 g/mol. The molecular formula is C14H26IN5O. The molecule has 0 atom stereocenters. The number of guanidine groups is 1. The lowest BCUT2D eigenvalue weighted by Crippen LogP contribution is -2.41. The molecule has 1 fully saturated rings. The fourth-order valence-electron chi connectivity index (χ4n) is 1.94. The molecule has 6 nitrogen and oxygen atoms in total. The van der Waals surface area contributed by atoms with Gasteiger partial charge in [0.1, 0.15) is 0 Å². The highest BCUT2D eigenvalue weighted by Gasteiger charge is 2.21. The lowest BCUT2D eigenvalue weighted by Gasteiger charge is -2.22. The molecule has 1 aromatic heterocycles. The van der Waals surface area contributed by atoms with Crippen molar-refractivity contribution < 1.29 is 4.74 Å². The number of rotatable bonds is 8. The van der Waals surface area contributed by atoms with Crippen molar-refractivity contribution in [1.82, 2.24) is 20.0 Å². The third kappa shape index (κ3) is 7.12. The first-order valence-corrected chi connectivity index (χ1v) is 7.26. The molecule has 0 amide bonds. The number of aliphatic imine (C=N–C) groups is 1. The smallest absolute Gasteiger partial charge is 0.193 e. The van der Waals surface area contributed by atoms with E-state index < -0.39 is 0 Å². The molecule has 1 heterocycles. The van der Waals surface area contributed by atoms with E-state index in [2.05, 4.69) is 20.3 Å². The van der Waals surface area contributed by atoms with E-state index in [4.69, 9.17) is 4.74 Å². The molecule has 0 aromatic carbocycles. The summed E-state index contributed by atoms with van der Waals surface area (Å²) in [5.41, 5.74) is 0. The molecule has 1 aromatic rings. The van der Waals surface area contributed by atoms with Gasteiger partial charge in [0, 0.05) is 46.2 Å². The third-order valence-corrected chi connectivity index (χ3v) is 3.38. The minimum Gasteiger partial charge on any atom is -0.379 e. The summed E-state index contributed by atoms with van der Waals surface area (Å²) in [5, 5.41) is 7.50. The number of likely N-dealkylation sites (N-methyl/N-ethyl adjacent to an activating group) is 1. The summed E-state index contributed by atoms with van der Waals surface area (Å²) >= 11 is 0. The number of nitrogens with zero attached hydrogens (tertiary/aromatic N) is 4. The van der Waals surface area contributed by atoms with E-state index in [0.717, 1.165) is 44.7 Å². The van der Waals surface area contributed by atoms with E-state index in [0.29, 0.717) is 0 Å². The van der Waals surface area contributed by atoms with Gasteiger partial charge < -0.3 is 15.0 Å². The minimum atomic E-state index is 0. The van der Waals surface area contributed by atoms with Gasteiger partial charge in [-0.15, -0.1) is 24.0 Å². The fourth-order valence-corrected chi connectivity index (χ4v) is 1.94. The summed E-state index contributed by atoms with van der Waals surface area (Å²) < 4.78 is 7.55. The molecular weight excluding hydrogens is 381 g/mol. The van der Waals surface area contributed by atoms with Crippen LogP contribution in [0.15, 0.2) is 23.5 Å². The fraction of sp³-hybridized carbons (Fsp3) is 0.714. The molecule has 2 rings (SSSR count). The molecule has 21 heavy (non-hydrogen) atoms. The van der Waals surface area contributed by atoms with Crippen LogP contribution in [-0.2, 0) is 11.3 Å². The van der Waals surface area contributed by atoms with E-state index in [1.54, 1.807) is 13.2 Å². The second-order valence-electron chi connectivity index (χ2n) is 5.18. The van der Waals surface area contributed by atoms with Crippen LogP contribution in [0.25, 0.3) is 0 Å². The Morgan fingerprint density at radius 2 is 2.33 bits per heavy atom. The zero-order valence-electron chi connectivity index (χ0n) is 12.9. The Morgan fingerprint density at radius 1 is 1.52 bits per heavy atom. The summed E-state index contributed by atoms with van der Waals surface area (Å²) in [6, 6.07) is 1.93. The van der Waals surface area contributed by atoms with Crippen LogP contribution >= 0.6 is 24.0 Å². The van der Waals surface area contributed by atoms with Gasteiger partial charge in [0.25, 0.3) is 0 Å². The SMILES string of the molecule is CN=C(NCCn1cccn1)N(C)CCOCC1CC1.I. The first-order valence-electron chi connectivity index (χ1n) is 7.26. The molecule has 0 spiro atoms. The second-order valence-corrected chi connectivity index (χ2v) is 5.18. The normalized spacial score (nSPS) is 14.7. The molecule has 0 radical (unpaired) electrons. The number of nitrogens with one attached hydrogen (secondary N) is 1. The first-order chi connectivity index (χ1) is 9.79. The van der Waals surface area contributed by atoms with E-state index in [1.165, 1.54) is 12.8 Å². The van der Waals surface area contributed by atoms with Crippen molar-refractivity contribution in [3.8, 4) is 0 Å². The Balaban J connectivity index is 0.00000220. The zero-order chi connectivity index (χ0) is 14.2. The van der Waals surface area contributed by atoms with Gasteiger partial charge in [-0.2, -0.15) is 5.10 Å². The lowest BCUT2D eigenvalue weighted by molar-refractivity contribution is 0.115. The largest absolute Gasteiger partial charge is 0.379 e. The first kappa shape index (κ1) is 18.2. The van der Waals surface area contributed by atoms with Crippen molar-refractivity contribution in [2.24, 2.45) is 10.9 Å². The van der Waals surface area contributed by atoms with Crippen LogP contribution in [0.5, 0.6) is 0 Å². The molecule has 1 N–H and O–H groups in total. The molecule has 0 aliphatic heterocycles. The molecule has 1 saturated carbocycles. The summed E-state index contributed by atoms with van der Waals surface area (Å²) in [4.78, 5) is 6.37. The standard InChI is InChI=1S/C14H25N5O.HI/c1-15-14(16-7-9-19-8-3-6-17-19)18(2)10-11-20-12-13-4-5-13;/h3,6,8,13H,4-5,7,9-12H2,1-2H3,(H,15,16);1H. The van der Waals surface area contributed by atoms with Crippen molar-refractivity contribution in [3.05, 3.63) is 18.5 Å².